The second kappa shape index (κ2) is 51.9. The van der Waals surface area contributed by atoms with E-state index in [1.807, 2.05) is 72.1 Å². The maximum absolute atomic E-state index is 3.64. The number of pyridine rings is 1. The number of hydrogen-bond acceptors (Lipinski definition) is 0. The first-order chi connectivity index (χ1) is 16.4. The van der Waals surface area contributed by atoms with Gasteiger partial charge in [0, 0.05) is 26.5 Å². The Morgan fingerprint density at radius 1 is 0.676 bits per heavy atom. The molecule has 37 heavy (non-hydrogen) atoms. The van der Waals surface area contributed by atoms with E-state index in [1.165, 1.54) is 43.3 Å². The molecule has 1 aliphatic carbocycles. The third kappa shape index (κ3) is 45.6. The Hall–Kier alpha value is -0.656. The molecule has 0 saturated heterocycles. The number of allylic oxidation sites excluding steroid dienone is 2. The first-order valence-corrected chi connectivity index (χ1v) is 13.6. The Balaban J connectivity index is -0.0000000471. The molecule has 3 rings (SSSR count). The molecular weight excluding hydrogens is 706 g/mol. The molecule has 0 saturated carbocycles. The Morgan fingerprint density at radius 3 is 1.14 bits per heavy atom. The number of benzene rings is 1. The molecule has 1 aromatic carbocycles. The molecular formula is C34H65NRhTa. The van der Waals surface area contributed by atoms with Gasteiger partial charge in [0.05, 0.1) is 12.4 Å². The van der Waals surface area contributed by atoms with Crippen molar-refractivity contribution < 1.29 is 46.4 Å². The van der Waals surface area contributed by atoms with Gasteiger partial charge in [-0.2, -0.15) is 6.92 Å². The maximum Gasteiger partial charge on any atom is 2.00 e. The van der Waals surface area contributed by atoms with Crippen LogP contribution in [0.25, 0.3) is 0 Å². The van der Waals surface area contributed by atoms with Crippen molar-refractivity contribution in [2.45, 2.75) is 122 Å². The van der Waals surface area contributed by atoms with Gasteiger partial charge in [-0.05, 0) is 64.5 Å². The van der Waals surface area contributed by atoms with E-state index in [1.54, 1.807) is 22.6 Å². The fraction of sp³-hybridized carbons (Fsp3) is 0.529. The summed E-state index contributed by atoms with van der Waals surface area (Å²) in [6, 6.07) is 14.6. The average Bonchev–Trinajstić information content (AvgIpc) is 2.90. The fourth-order valence-corrected chi connectivity index (χ4v) is 2.11. The summed E-state index contributed by atoms with van der Waals surface area (Å²) >= 11 is 0. The number of hydrogen-bond donors (Lipinski definition) is 0. The largest absolute Gasteiger partial charge is 2.00 e. The van der Waals surface area contributed by atoms with Gasteiger partial charge in [0.2, 0.25) is 0 Å². The van der Waals surface area contributed by atoms with E-state index in [4.69, 9.17) is 0 Å². The van der Waals surface area contributed by atoms with Crippen molar-refractivity contribution in [1.29, 1.82) is 0 Å². The molecule has 0 atom stereocenters. The summed E-state index contributed by atoms with van der Waals surface area (Å²) in [4.78, 5) is 0. The summed E-state index contributed by atoms with van der Waals surface area (Å²) in [7, 11) is 3.64. The van der Waals surface area contributed by atoms with Gasteiger partial charge >= 0.3 is 22.4 Å². The predicted octanol–water partition coefficient (Wildman–Crippen LogP) is 11.3. The molecule has 0 bridgehead atoms. The van der Waals surface area contributed by atoms with Crippen LogP contribution in [0.3, 0.4) is 0 Å². The summed E-state index contributed by atoms with van der Waals surface area (Å²) in [5, 5.41) is 0. The average molecular weight is 772 g/mol. The van der Waals surface area contributed by atoms with Gasteiger partial charge in [0.1, 0.15) is 0 Å². The van der Waals surface area contributed by atoms with Crippen LogP contribution in [0.1, 0.15) is 120 Å². The van der Waals surface area contributed by atoms with Crippen molar-refractivity contribution in [1.82, 2.24) is 0 Å². The molecule has 2 radical (unpaired) electrons. The third-order valence-electron chi connectivity index (χ3n) is 4.04. The molecule has 1 aromatic heterocycles. The van der Waals surface area contributed by atoms with Gasteiger partial charge in [-0.15, -0.1) is 0 Å². The van der Waals surface area contributed by atoms with E-state index in [9.17, 15) is 0 Å². The smallest absolute Gasteiger partial charge is 0.358 e. The van der Waals surface area contributed by atoms with E-state index >= 15 is 0 Å². The summed E-state index contributed by atoms with van der Waals surface area (Å²) in [5.41, 5.74) is 6.01. The van der Waals surface area contributed by atoms with Crippen molar-refractivity contribution in [3.05, 3.63) is 98.5 Å². The Morgan fingerprint density at radius 2 is 0.946 bits per heavy atom. The first-order valence-electron chi connectivity index (χ1n) is 13.6. The Labute approximate surface area is 265 Å². The molecule has 0 N–H and O–H groups in total. The van der Waals surface area contributed by atoms with Crippen molar-refractivity contribution in [3.63, 3.8) is 0 Å². The summed E-state index contributed by atoms with van der Waals surface area (Å²) < 4.78 is 1.75. The first kappa shape index (κ1) is 56.5. The molecule has 0 fully saturated rings. The fourth-order valence-electron chi connectivity index (χ4n) is 2.11. The number of aromatic nitrogens is 1. The topological polar surface area (TPSA) is 3.88 Å². The molecule has 220 valence electrons. The van der Waals surface area contributed by atoms with Gasteiger partial charge in [-0.25, -0.2) is 0 Å². The SMILES string of the molecule is CC.CC.CC.CC(C)=C(C)C.CCC.[CH2-]C.[CH2-][n+]1ccccc1.[CH3-].[Rh].[Ta+2].c1ccc2c(c1)CCCC2. The van der Waals surface area contributed by atoms with Gasteiger partial charge in [0.25, 0.3) is 0 Å². The van der Waals surface area contributed by atoms with Crippen LogP contribution in [0.5, 0.6) is 0 Å². The van der Waals surface area contributed by atoms with Gasteiger partial charge < -0.3 is 18.9 Å². The van der Waals surface area contributed by atoms with Crippen LogP contribution in [-0.4, -0.2) is 0 Å². The van der Waals surface area contributed by atoms with E-state index in [0.29, 0.717) is 0 Å². The minimum atomic E-state index is 0. The van der Waals surface area contributed by atoms with Gasteiger partial charge in [-0.3, -0.25) is 0 Å². The van der Waals surface area contributed by atoms with Crippen molar-refractivity contribution in [2.75, 3.05) is 0 Å². The number of rotatable bonds is 0. The molecule has 1 aliphatic rings. The third-order valence-corrected chi connectivity index (χ3v) is 4.04. The predicted molar refractivity (Wildman–Crippen MR) is 168 cm³/mol. The van der Waals surface area contributed by atoms with E-state index in [0.717, 1.165) is 0 Å². The number of aryl methyl sites for hydroxylation is 2. The minimum Gasteiger partial charge on any atom is -0.358 e. The normalized spacial score (nSPS) is 8.49. The molecule has 0 aliphatic heterocycles. The van der Waals surface area contributed by atoms with Crippen molar-refractivity contribution in [2.24, 2.45) is 0 Å². The zero-order valence-electron chi connectivity index (χ0n) is 27.4. The summed E-state index contributed by atoms with van der Waals surface area (Å²) in [6.07, 6.45) is 10.4. The van der Waals surface area contributed by atoms with E-state index in [-0.39, 0.29) is 49.3 Å². The number of nitrogens with zero attached hydrogens (tertiary/aromatic N) is 1. The van der Waals surface area contributed by atoms with E-state index < -0.39 is 0 Å². The molecule has 0 spiro atoms. The van der Waals surface area contributed by atoms with Crippen LogP contribution < -0.4 is 4.57 Å². The molecule has 3 heteroatoms. The molecule has 2 aromatic rings. The zero-order chi connectivity index (χ0) is 27.8. The van der Waals surface area contributed by atoms with Crippen LogP contribution in [0.15, 0.2) is 66.0 Å². The molecule has 1 nitrogen and oxygen atoms in total. The summed E-state index contributed by atoms with van der Waals surface area (Å²) in [5.74, 6) is 0. The molecule has 0 unspecified atom stereocenters. The quantitative estimate of drug-likeness (QED) is 0.109. The zero-order valence-corrected chi connectivity index (χ0v) is 32.2. The van der Waals surface area contributed by atoms with E-state index in [2.05, 4.69) is 79.8 Å². The van der Waals surface area contributed by atoms with Crippen LogP contribution in [0, 0.1) is 21.4 Å². The van der Waals surface area contributed by atoms with Crippen LogP contribution in [0.4, 0.5) is 0 Å². The monoisotopic (exact) mass is 771 g/mol. The number of fused-ring (bicyclic) bond motifs is 1. The van der Waals surface area contributed by atoms with Crippen molar-refractivity contribution in [3.8, 4) is 0 Å². The van der Waals surface area contributed by atoms with Crippen molar-refractivity contribution >= 4 is 0 Å². The Kier molecular flexibility index (Phi) is 79.3. The van der Waals surface area contributed by atoms with Gasteiger partial charge in [-0.1, -0.05) is 115 Å². The second-order valence-corrected chi connectivity index (χ2v) is 7.07. The van der Waals surface area contributed by atoms with Crippen LogP contribution in [0.2, 0.25) is 0 Å². The van der Waals surface area contributed by atoms with Gasteiger partial charge in [0.15, 0.2) is 0 Å². The van der Waals surface area contributed by atoms with Crippen LogP contribution in [-0.2, 0) is 54.7 Å². The van der Waals surface area contributed by atoms with Crippen LogP contribution >= 0.6 is 0 Å². The maximum atomic E-state index is 3.64. The minimum absolute atomic E-state index is 0. The second-order valence-electron chi connectivity index (χ2n) is 7.07. The Bertz CT molecular complexity index is 582. The molecule has 1 heterocycles. The molecule has 0 amide bonds. The standard InChI is InChI=1S/C10H12.C6H7N.C6H12.C3H8.3C2H6.C2H5.CH3.Rh.Ta/c1-2-6-10-8-4-3-7-9(10)5-1;1-7-5-3-2-4-6-7;1-5(2)6(3)4;1-3-2;4*1-2;;;/h1-2,5-6H,3-4,7-8H2;2-6H,1H2;1-4H3;3H2,1-2H3;3*1-2H3;1H2,2H3;1H3;;/q;;;;;;;2*-1;;+2. The summed E-state index contributed by atoms with van der Waals surface area (Å²) in [6.45, 7) is 29.7.